The topological polar surface area (TPSA) is 26.8 Å². The molecule has 0 saturated carbocycles. The molecule has 0 aliphatic carbocycles. The number of carbonyl (C=O) groups excluding carboxylic acids is 1. The van der Waals surface area contributed by atoms with Crippen molar-refractivity contribution in [2.75, 3.05) is 39.3 Å². The Morgan fingerprint density at radius 1 is 1.08 bits per heavy atom. The summed E-state index contributed by atoms with van der Waals surface area (Å²) in [5.41, 5.74) is 2.72. The molecule has 2 heterocycles. The molecule has 1 amide bonds. The number of aryl methyl sites for hydroxylation is 1. The molecule has 1 aromatic rings. The van der Waals surface area contributed by atoms with Crippen molar-refractivity contribution in [1.82, 2.24) is 14.7 Å². The fourth-order valence-corrected chi connectivity index (χ4v) is 3.92. The van der Waals surface area contributed by atoms with E-state index in [2.05, 4.69) is 52.8 Å². The molecule has 0 spiro atoms. The molecule has 0 radical (unpaired) electrons. The predicted molar refractivity (Wildman–Crippen MR) is 97.9 cm³/mol. The Kier molecular flexibility index (Phi) is 5.90. The maximum Gasteiger partial charge on any atom is 0.236 e. The van der Waals surface area contributed by atoms with Crippen molar-refractivity contribution in [3.8, 4) is 0 Å². The third-order valence-corrected chi connectivity index (χ3v) is 5.44. The molecule has 2 fully saturated rings. The molecular weight excluding hydrogens is 298 g/mol. The molecule has 4 nitrogen and oxygen atoms in total. The summed E-state index contributed by atoms with van der Waals surface area (Å²) in [4.78, 5) is 19.5. The van der Waals surface area contributed by atoms with Crippen LogP contribution in [0.15, 0.2) is 24.3 Å². The molecule has 1 unspecified atom stereocenters. The van der Waals surface area contributed by atoms with Gasteiger partial charge in [0.1, 0.15) is 0 Å². The number of piperazine rings is 1. The molecule has 0 N–H and O–H groups in total. The van der Waals surface area contributed by atoms with Crippen LogP contribution in [0.25, 0.3) is 0 Å². The van der Waals surface area contributed by atoms with Gasteiger partial charge < -0.3 is 4.90 Å². The number of carbonyl (C=O) groups is 1. The highest BCUT2D eigenvalue weighted by Crippen LogP contribution is 2.17. The van der Waals surface area contributed by atoms with Crippen LogP contribution in [0.4, 0.5) is 0 Å². The summed E-state index contributed by atoms with van der Waals surface area (Å²) in [5.74, 6) is 0.328. The fourth-order valence-electron chi connectivity index (χ4n) is 3.92. The van der Waals surface area contributed by atoms with Crippen molar-refractivity contribution in [3.05, 3.63) is 35.4 Å². The van der Waals surface area contributed by atoms with Gasteiger partial charge in [-0.1, -0.05) is 29.8 Å². The molecule has 24 heavy (non-hydrogen) atoms. The Morgan fingerprint density at radius 2 is 1.83 bits per heavy atom. The number of hydrogen-bond acceptors (Lipinski definition) is 3. The van der Waals surface area contributed by atoms with E-state index < -0.39 is 0 Å². The Balaban J connectivity index is 1.44. The van der Waals surface area contributed by atoms with E-state index in [0.717, 1.165) is 45.7 Å². The zero-order chi connectivity index (χ0) is 16.9. The van der Waals surface area contributed by atoms with E-state index in [9.17, 15) is 4.79 Å². The van der Waals surface area contributed by atoms with E-state index in [1.807, 2.05) is 0 Å². The average molecular weight is 329 g/mol. The molecule has 1 aromatic carbocycles. The van der Waals surface area contributed by atoms with Gasteiger partial charge in [0.2, 0.25) is 5.91 Å². The molecule has 132 valence electrons. The minimum atomic E-state index is 0.328. The van der Waals surface area contributed by atoms with E-state index >= 15 is 0 Å². The summed E-state index contributed by atoms with van der Waals surface area (Å²) in [6, 6.07) is 9.19. The van der Waals surface area contributed by atoms with E-state index in [4.69, 9.17) is 0 Å². The van der Waals surface area contributed by atoms with Crippen molar-refractivity contribution in [2.45, 2.75) is 45.7 Å². The Hall–Kier alpha value is -1.39. The molecule has 1 atom stereocenters. The molecule has 0 bridgehead atoms. The second-order valence-electron chi connectivity index (χ2n) is 7.47. The van der Waals surface area contributed by atoms with Crippen molar-refractivity contribution in [2.24, 2.45) is 0 Å². The monoisotopic (exact) mass is 329 g/mol. The molecule has 2 aliphatic rings. The lowest BCUT2D eigenvalue weighted by atomic mass is 10.0. The first kappa shape index (κ1) is 17.4. The largest absolute Gasteiger partial charge is 0.339 e. The smallest absolute Gasteiger partial charge is 0.236 e. The van der Waals surface area contributed by atoms with Crippen LogP contribution in [0.5, 0.6) is 0 Å². The maximum absolute atomic E-state index is 12.6. The van der Waals surface area contributed by atoms with E-state index in [-0.39, 0.29) is 0 Å². The van der Waals surface area contributed by atoms with Crippen molar-refractivity contribution < 1.29 is 4.79 Å². The third kappa shape index (κ3) is 4.58. The predicted octanol–water partition coefficient (Wildman–Crippen LogP) is 2.51. The lowest BCUT2D eigenvalue weighted by molar-refractivity contribution is -0.136. The van der Waals surface area contributed by atoms with Crippen LogP contribution in [0, 0.1) is 6.92 Å². The minimum absolute atomic E-state index is 0.328. The van der Waals surface area contributed by atoms with Crippen LogP contribution in [0.2, 0.25) is 0 Å². The summed E-state index contributed by atoms with van der Waals surface area (Å²) >= 11 is 0. The summed E-state index contributed by atoms with van der Waals surface area (Å²) in [6.45, 7) is 11.0. The summed E-state index contributed by atoms with van der Waals surface area (Å²) in [6.07, 6.45) is 3.60. The van der Waals surface area contributed by atoms with Gasteiger partial charge in [-0.25, -0.2) is 0 Å². The summed E-state index contributed by atoms with van der Waals surface area (Å²) in [5, 5.41) is 0. The van der Waals surface area contributed by atoms with Crippen LogP contribution in [0.3, 0.4) is 0 Å². The quantitative estimate of drug-likeness (QED) is 0.849. The number of benzene rings is 1. The van der Waals surface area contributed by atoms with Gasteiger partial charge in [0.25, 0.3) is 0 Å². The van der Waals surface area contributed by atoms with Gasteiger partial charge in [-0.3, -0.25) is 14.6 Å². The van der Waals surface area contributed by atoms with E-state index in [1.165, 1.54) is 24.0 Å². The highest BCUT2D eigenvalue weighted by Gasteiger charge is 2.26. The standard InChI is InChI=1S/C20H31N3O/c1-17-6-5-8-19(14-17)15-21-10-12-22(13-11-21)16-20(24)23-9-4-3-7-18(23)2/h5-6,8,14,18H,3-4,7,9-13,15-16H2,1-2H3. The zero-order valence-electron chi connectivity index (χ0n) is 15.2. The summed E-state index contributed by atoms with van der Waals surface area (Å²) in [7, 11) is 0. The van der Waals surface area contributed by atoms with Gasteiger partial charge in [-0.05, 0) is 38.7 Å². The minimum Gasteiger partial charge on any atom is -0.339 e. The number of rotatable bonds is 4. The fraction of sp³-hybridized carbons (Fsp3) is 0.650. The van der Waals surface area contributed by atoms with Gasteiger partial charge in [0.05, 0.1) is 6.54 Å². The first-order valence-electron chi connectivity index (χ1n) is 9.41. The van der Waals surface area contributed by atoms with E-state index in [1.54, 1.807) is 0 Å². The van der Waals surface area contributed by atoms with E-state index in [0.29, 0.717) is 18.5 Å². The van der Waals surface area contributed by atoms with Crippen LogP contribution in [-0.4, -0.2) is 65.9 Å². The van der Waals surface area contributed by atoms with Crippen molar-refractivity contribution in [1.29, 1.82) is 0 Å². The van der Waals surface area contributed by atoms with Crippen LogP contribution in [0.1, 0.15) is 37.3 Å². The molecular formula is C20H31N3O. The second-order valence-corrected chi connectivity index (χ2v) is 7.47. The molecule has 0 aromatic heterocycles. The van der Waals surface area contributed by atoms with Crippen molar-refractivity contribution >= 4 is 5.91 Å². The Labute approximate surface area is 146 Å². The number of likely N-dealkylation sites (tertiary alicyclic amines) is 1. The third-order valence-electron chi connectivity index (χ3n) is 5.44. The average Bonchev–Trinajstić information content (AvgIpc) is 2.57. The van der Waals surface area contributed by atoms with Crippen molar-refractivity contribution in [3.63, 3.8) is 0 Å². The van der Waals surface area contributed by atoms with Crippen LogP contribution in [-0.2, 0) is 11.3 Å². The SMILES string of the molecule is Cc1cccc(CN2CCN(CC(=O)N3CCCCC3C)CC2)c1. The molecule has 2 saturated heterocycles. The van der Waals surface area contributed by atoms with Crippen LogP contribution < -0.4 is 0 Å². The van der Waals surface area contributed by atoms with Gasteiger partial charge in [0.15, 0.2) is 0 Å². The second kappa shape index (κ2) is 8.13. The molecule has 3 rings (SSSR count). The summed E-state index contributed by atoms with van der Waals surface area (Å²) < 4.78 is 0. The lowest BCUT2D eigenvalue weighted by Crippen LogP contribution is -2.51. The Morgan fingerprint density at radius 3 is 2.54 bits per heavy atom. The first-order chi connectivity index (χ1) is 11.6. The van der Waals surface area contributed by atoms with Crippen LogP contribution >= 0.6 is 0 Å². The number of piperidine rings is 1. The number of hydrogen-bond donors (Lipinski definition) is 0. The van der Waals surface area contributed by atoms with Gasteiger partial charge in [-0.15, -0.1) is 0 Å². The lowest BCUT2D eigenvalue weighted by Gasteiger charge is -2.38. The van der Waals surface area contributed by atoms with Gasteiger partial charge in [0, 0.05) is 45.3 Å². The zero-order valence-corrected chi connectivity index (χ0v) is 15.2. The number of amides is 1. The maximum atomic E-state index is 12.6. The highest BCUT2D eigenvalue weighted by molar-refractivity contribution is 5.78. The molecule has 4 heteroatoms. The normalized spacial score (nSPS) is 23.4. The van der Waals surface area contributed by atoms with Gasteiger partial charge >= 0.3 is 0 Å². The number of nitrogens with zero attached hydrogens (tertiary/aromatic N) is 3. The Bertz CT molecular complexity index is 552. The highest BCUT2D eigenvalue weighted by atomic mass is 16.2. The first-order valence-corrected chi connectivity index (χ1v) is 9.41. The van der Waals surface area contributed by atoms with Gasteiger partial charge in [-0.2, -0.15) is 0 Å². The molecule has 2 aliphatic heterocycles.